The zero-order valence-electron chi connectivity index (χ0n) is 7.22. The first-order chi connectivity index (χ1) is 5.43. The quantitative estimate of drug-likeness (QED) is 0.632. The first-order valence-corrected chi connectivity index (χ1v) is 6.55. The zero-order valence-corrected chi connectivity index (χ0v) is 11.3. The molecular weight excluding hydrogens is 302 g/mol. The Morgan fingerprint density at radius 3 is 2.58 bits per heavy atom. The van der Waals surface area contributed by atoms with E-state index in [1.54, 1.807) is 0 Å². The summed E-state index contributed by atoms with van der Waals surface area (Å²) < 4.78 is 0. The second-order valence-electron chi connectivity index (χ2n) is 2.96. The highest BCUT2D eigenvalue weighted by Crippen LogP contribution is 2.17. The molecule has 0 bridgehead atoms. The Bertz CT molecular complexity index is 97.1. The molecule has 0 aromatic heterocycles. The number of thioether (sulfide) groups is 1. The normalized spacial score (nSPS) is 18.8. The highest BCUT2D eigenvalue weighted by Gasteiger charge is 2.11. The molecule has 0 amide bonds. The average molecular weight is 319 g/mol. The maximum Gasteiger partial charge on any atom is 0.0122 e. The van der Waals surface area contributed by atoms with Gasteiger partial charge in [-0.3, -0.25) is 0 Å². The summed E-state index contributed by atoms with van der Waals surface area (Å²) >= 11 is 5.53. The van der Waals surface area contributed by atoms with Crippen molar-refractivity contribution in [3.8, 4) is 0 Å². The molecule has 1 aliphatic heterocycles. The van der Waals surface area contributed by atoms with Crippen LogP contribution in [0.3, 0.4) is 0 Å². The third-order valence-corrected chi connectivity index (χ3v) is 4.16. The van der Waals surface area contributed by atoms with E-state index in [2.05, 4.69) is 33.0 Å². The molecular formula is C8H17Br2NS. The van der Waals surface area contributed by atoms with Crippen molar-refractivity contribution in [2.24, 2.45) is 5.92 Å². The minimum atomic E-state index is 0. The minimum Gasteiger partial charge on any atom is -0.317 e. The topological polar surface area (TPSA) is 12.0 Å². The monoisotopic (exact) mass is 317 g/mol. The molecule has 0 unspecified atom stereocenters. The molecule has 0 aromatic carbocycles. The maximum absolute atomic E-state index is 3.44. The molecule has 0 aliphatic carbocycles. The standard InChI is InChI=1S/C8H16BrNS.BrH/c9-3-6-11-7-8-1-4-10-5-2-8;/h8,10H,1-7H2;1H. The van der Waals surface area contributed by atoms with Crippen LogP contribution in [0.4, 0.5) is 0 Å². The summed E-state index contributed by atoms with van der Waals surface area (Å²) in [5.74, 6) is 3.62. The summed E-state index contributed by atoms with van der Waals surface area (Å²) in [5, 5.41) is 4.53. The molecule has 0 saturated carbocycles. The van der Waals surface area contributed by atoms with Crippen LogP contribution in [0.1, 0.15) is 12.8 Å². The number of piperidine rings is 1. The molecule has 1 aliphatic rings. The fourth-order valence-corrected chi connectivity index (χ4v) is 2.98. The van der Waals surface area contributed by atoms with E-state index in [0.29, 0.717) is 0 Å². The Balaban J connectivity index is 0.00000121. The smallest absolute Gasteiger partial charge is 0.0122 e. The molecule has 1 heterocycles. The number of alkyl halides is 1. The third-order valence-electron chi connectivity index (χ3n) is 2.03. The van der Waals surface area contributed by atoms with E-state index in [9.17, 15) is 0 Å². The number of halogens is 2. The molecule has 0 spiro atoms. The van der Waals surface area contributed by atoms with Gasteiger partial charge < -0.3 is 5.32 Å². The van der Waals surface area contributed by atoms with Crippen molar-refractivity contribution in [2.45, 2.75) is 12.8 Å². The molecule has 1 rings (SSSR count). The van der Waals surface area contributed by atoms with Gasteiger partial charge in [-0.15, -0.1) is 17.0 Å². The minimum absolute atomic E-state index is 0. The van der Waals surface area contributed by atoms with Gasteiger partial charge in [-0.25, -0.2) is 0 Å². The second kappa shape index (κ2) is 8.85. The highest BCUT2D eigenvalue weighted by atomic mass is 79.9. The van der Waals surface area contributed by atoms with Crippen LogP contribution in [0, 0.1) is 5.92 Å². The van der Waals surface area contributed by atoms with E-state index in [1.807, 2.05) is 0 Å². The molecule has 1 saturated heterocycles. The molecule has 74 valence electrons. The van der Waals surface area contributed by atoms with Crippen molar-refractivity contribution in [3.63, 3.8) is 0 Å². The number of hydrogen-bond donors (Lipinski definition) is 1. The SMILES string of the molecule is Br.BrCCSCC1CCNCC1. The Hall–Kier alpha value is 1.27. The largest absolute Gasteiger partial charge is 0.317 e. The van der Waals surface area contributed by atoms with Crippen molar-refractivity contribution >= 4 is 44.7 Å². The van der Waals surface area contributed by atoms with Crippen LogP contribution in [0.5, 0.6) is 0 Å². The fraction of sp³-hybridized carbons (Fsp3) is 1.00. The van der Waals surface area contributed by atoms with Gasteiger partial charge in [0.05, 0.1) is 0 Å². The van der Waals surface area contributed by atoms with Gasteiger partial charge in [0.25, 0.3) is 0 Å². The van der Waals surface area contributed by atoms with Crippen molar-refractivity contribution in [3.05, 3.63) is 0 Å². The van der Waals surface area contributed by atoms with Crippen molar-refractivity contribution < 1.29 is 0 Å². The van der Waals surface area contributed by atoms with E-state index in [4.69, 9.17) is 0 Å². The first-order valence-electron chi connectivity index (χ1n) is 4.28. The highest BCUT2D eigenvalue weighted by molar-refractivity contribution is 9.09. The van der Waals surface area contributed by atoms with Gasteiger partial charge in [-0.2, -0.15) is 11.8 Å². The lowest BCUT2D eigenvalue weighted by Gasteiger charge is -2.21. The van der Waals surface area contributed by atoms with Gasteiger partial charge in [0.1, 0.15) is 0 Å². The van der Waals surface area contributed by atoms with Crippen molar-refractivity contribution in [2.75, 3.05) is 29.9 Å². The van der Waals surface area contributed by atoms with E-state index in [0.717, 1.165) is 11.2 Å². The molecule has 1 N–H and O–H groups in total. The summed E-state index contributed by atoms with van der Waals surface area (Å²) in [5.41, 5.74) is 0. The average Bonchev–Trinajstić information content (AvgIpc) is 2.07. The van der Waals surface area contributed by atoms with Crippen LogP contribution in [0.2, 0.25) is 0 Å². The Labute approximate surface area is 98.3 Å². The summed E-state index contributed by atoms with van der Waals surface area (Å²) in [6.07, 6.45) is 2.77. The van der Waals surface area contributed by atoms with Gasteiger partial charge in [-0.05, 0) is 37.6 Å². The predicted molar refractivity (Wildman–Crippen MR) is 67.0 cm³/mol. The van der Waals surface area contributed by atoms with E-state index < -0.39 is 0 Å². The van der Waals surface area contributed by atoms with Crippen LogP contribution in [0.15, 0.2) is 0 Å². The Morgan fingerprint density at radius 1 is 1.33 bits per heavy atom. The number of nitrogens with one attached hydrogen (secondary N) is 1. The molecule has 1 nitrogen and oxygen atoms in total. The summed E-state index contributed by atoms with van der Waals surface area (Å²) in [4.78, 5) is 0. The lowest BCUT2D eigenvalue weighted by molar-refractivity contribution is 0.408. The van der Waals surface area contributed by atoms with Gasteiger partial charge in [0.15, 0.2) is 0 Å². The van der Waals surface area contributed by atoms with Crippen LogP contribution in [0.25, 0.3) is 0 Å². The molecule has 12 heavy (non-hydrogen) atoms. The van der Waals surface area contributed by atoms with E-state index in [1.165, 1.54) is 37.4 Å². The van der Waals surface area contributed by atoms with Crippen molar-refractivity contribution in [1.82, 2.24) is 5.32 Å². The fourth-order valence-electron chi connectivity index (χ4n) is 1.35. The Morgan fingerprint density at radius 2 is 2.00 bits per heavy atom. The zero-order chi connectivity index (χ0) is 7.94. The summed E-state index contributed by atoms with van der Waals surface area (Å²) in [6, 6.07) is 0. The molecule has 0 aromatic rings. The van der Waals surface area contributed by atoms with Crippen LogP contribution in [-0.4, -0.2) is 29.9 Å². The lowest BCUT2D eigenvalue weighted by atomic mass is 10.0. The molecule has 0 atom stereocenters. The second-order valence-corrected chi connectivity index (χ2v) is 4.90. The lowest BCUT2D eigenvalue weighted by Crippen LogP contribution is -2.28. The van der Waals surface area contributed by atoms with Crippen LogP contribution < -0.4 is 5.32 Å². The predicted octanol–water partition coefficient (Wildman–Crippen LogP) is 2.69. The van der Waals surface area contributed by atoms with Gasteiger partial charge in [0, 0.05) is 11.1 Å². The molecule has 4 heteroatoms. The number of hydrogen-bond acceptors (Lipinski definition) is 2. The maximum atomic E-state index is 3.44. The molecule has 0 radical (unpaired) electrons. The van der Waals surface area contributed by atoms with Crippen LogP contribution in [-0.2, 0) is 0 Å². The molecule has 1 fully saturated rings. The van der Waals surface area contributed by atoms with Crippen LogP contribution >= 0.6 is 44.7 Å². The summed E-state index contributed by atoms with van der Waals surface area (Å²) in [7, 11) is 0. The van der Waals surface area contributed by atoms with Crippen molar-refractivity contribution in [1.29, 1.82) is 0 Å². The van der Waals surface area contributed by atoms with Gasteiger partial charge in [0.2, 0.25) is 0 Å². The third kappa shape index (κ3) is 5.84. The first kappa shape index (κ1) is 13.3. The number of rotatable bonds is 4. The Kier molecular flexibility index (Phi) is 9.79. The van der Waals surface area contributed by atoms with Gasteiger partial charge >= 0.3 is 0 Å². The van der Waals surface area contributed by atoms with E-state index >= 15 is 0 Å². The van der Waals surface area contributed by atoms with E-state index in [-0.39, 0.29) is 17.0 Å². The van der Waals surface area contributed by atoms with Gasteiger partial charge in [-0.1, -0.05) is 15.9 Å². The summed E-state index contributed by atoms with van der Waals surface area (Å²) in [6.45, 7) is 2.47.